The number of rotatable bonds is 10. The Bertz CT molecular complexity index is 1300. The second-order valence-corrected chi connectivity index (χ2v) is 10.9. The standard InChI is InChI=1S/C27H30N2O4S2/c1-5-6-7-10-15-32-27-20(3)16-22(17-21(27)4)35(30,31)33-29-26-14-13-25(34-26)24(18-28)23-12-9-8-11-19(23)2/h8-9,11-14,16-17H,5-7,10,15H2,1-4H3. The summed E-state index contributed by atoms with van der Waals surface area (Å²) in [6, 6.07) is 12.9. The van der Waals surface area contributed by atoms with Crippen LogP contribution in [0.1, 0.15) is 54.9 Å². The van der Waals surface area contributed by atoms with Gasteiger partial charge < -0.3 is 4.74 Å². The Hall–Kier alpha value is -3.02. The van der Waals surface area contributed by atoms with Gasteiger partial charge in [-0.05, 0) is 73.7 Å². The van der Waals surface area contributed by atoms with Gasteiger partial charge in [-0.3, -0.25) is 4.28 Å². The SMILES string of the molecule is CCCCCCOc1c(C)cc(S(=O)(=O)ON=C2C=CC(=C(C#N)c3ccccc3C)S2)cc1C. The van der Waals surface area contributed by atoms with Crippen molar-refractivity contribution in [1.29, 1.82) is 5.26 Å². The highest BCUT2D eigenvalue weighted by Gasteiger charge is 2.21. The lowest BCUT2D eigenvalue weighted by Gasteiger charge is -2.13. The molecule has 0 radical (unpaired) electrons. The van der Waals surface area contributed by atoms with Gasteiger partial charge in [0.25, 0.3) is 0 Å². The quantitative estimate of drug-likeness (QED) is 0.198. The summed E-state index contributed by atoms with van der Waals surface area (Å²) in [6.07, 6.45) is 7.79. The third-order valence-corrected chi connectivity index (χ3v) is 7.62. The fraction of sp³-hybridized carbons (Fsp3) is 0.333. The van der Waals surface area contributed by atoms with Crippen LogP contribution < -0.4 is 4.74 Å². The van der Waals surface area contributed by atoms with Crippen LogP contribution in [-0.2, 0) is 14.4 Å². The first-order valence-electron chi connectivity index (χ1n) is 11.6. The van der Waals surface area contributed by atoms with Gasteiger partial charge in [-0.15, -0.1) is 0 Å². The zero-order valence-electron chi connectivity index (χ0n) is 20.5. The van der Waals surface area contributed by atoms with Crippen molar-refractivity contribution in [3.8, 4) is 11.8 Å². The van der Waals surface area contributed by atoms with Crippen LogP contribution in [0, 0.1) is 32.1 Å². The zero-order chi connectivity index (χ0) is 25.4. The maximum absolute atomic E-state index is 12.8. The molecule has 0 aliphatic carbocycles. The van der Waals surface area contributed by atoms with Gasteiger partial charge in [-0.1, -0.05) is 67.4 Å². The van der Waals surface area contributed by atoms with Gasteiger partial charge in [-0.25, -0.2) is 0 Å². The maximum atomic E-state index is 12.8. The molecule has 0 spiro atoms. The minimum Gasteiger partial charge on any atom is -0.493 e. The molecule has 35 heavy (non-hydrogen) atoms. The number of nitriles is 1. The molecule has 1 aliphatic rings. The molecule has 0 unspecified atom stereocenters. The van der Waals surface area contributed by atoms with Gasteiger partial charge in [-0.2, -0.15) is 13.7 Å². The lowest BCUT2D eigenvalue weighted by Crippen LogP contribution is -2.07. The second kappa shape index (κ2) is 12.1. The van der Waals surface area contributed by atoms with Crippen molar-refractivity contribution in [3.63, 3.8) is 0 Å². The molecule has 6 nitrogen and oxygen atoms in total. The molecule has 2 aromatic rings. The van der Waals surface area contributed by atoms with Gasteiger partial charge in [0.2, 0.25) is 0 Å². The number of thioether (sulfide) groups is 1. The molecule has 0 amide bonds. The smallest absolute Gasteiger partial charge is 0.358 e. The largest absolute Gasteiger partial charge is 0.493 e. The van der Waals surface area contributed by atoms with E-state index in [-0.39, 0.29) is 4.90 Å². The molecule has 1 heterocycles. The fourth-order valence-electron chi connectivity index (χ4n) is 3.73. The predicted octanol–water partition coefficient (Wildman–Crippen LogP) is 6.83. The average molecular weight is 511 g/mol. The van der Waals surface area contributed by atoms with Crippen molar-refractivity contribution in [2.24, 2.45) is 5.16 Å². The van der Waals surface area contributed by atoms with Crippen LogP contribution in [0.3, 0.4) is 0 Å². The fourth-order valence-corrected chi connectivity index (χ4v) is 5.51. The van der Waals surface area contributed by atoms with E-state index < -0.39 is 10.1 Å². The minimum absolute atomic E-state index is 0.0237. The zero-order valence-corrected chi connectivity index (χ0v) is 22.1. The summed E-state index contributed by atoms with van der Waals surface area (Å²) in [5.74, 6) is 0.705. The molecule has 0 bridgehead atoms. The summed E-state index contributed by atoms with van der Waals surface area (Å²) in [5.41, 5.74) is 3.78. The first-order valence-corrected chi connectivity index (χ1v) is 13.8. The molecule has 184 valence electrons. The lowest BCUT2D eigenvalue weighted by molar-refractivity contribution is 0.300. The van der Waals surface area contributed by atoms with Crippen LogP contribution in [0.15, 0.2) is 63.5 Å². The topological polar surface area (TPSA) is 88.8 Å². The number of hydrogen-bond donors (Lipinski definition) is 0. The molecule has 0 saturated carbocycles. The second-order valence-electron chi connectivity index (χ2n) is 8.35. The third kappa shape index (κ3) is 6.77. The Morgan fingerprint density at radius 2 is 1.74 bits per heavy atom. The number of hydrogen-bond acceptors (Lipinski definition) is 7. The van der Waals surface area contributed by atoms with E-state index >= 15 is 0 Å². The average Bonchev–Trinajstić information content (AvgIpc) is 3.29. The van der Waals surface area contributed by atoms with E-state index in [0.29, 0.717) is 27.9 Å². The Morgan fingerprint density at radius 1 is 1.03 bits per heavy atom. The van der Waals surface area contributed by atoms with Crippen molar-refractivity contribution >= 4 is 32.5 Å². The van der Waals surface area contributed by atoms with Gasteiger partial charge >= 0.3 is 10.1 Å². The molecule has 0 aromatic heterocycles. The van der Waals surface area contributed by atoms with Gasteiger partial charge in [0.1, 0.15) is 21.8 Å². The van der Waals surface area contributed by atoms with Crippen molar-refractivity contribution in [2.75, 3.05) is 6.61 Å². The van der Waals surface area contributed by atoms with Crippen molar-refractivity contribution in [2.45, 2.75) is 58.3 Å². The van der Waals surface area contributed by atoms with Crippen LogP contribution >= 0.6 is 11.8 Å². The first-order chi connectivity index (χ1) is 16.8. The molecule has 1 aliphatic heterocycles. The van der Waals surface area contributed by atoms with Gasteiger partial charge in [0.05, 0.1) is 12.2 Å². The molecule has 0 fully saturated rings. The molecule has 8 heteroatoms. The summed E-state index contributed by atoms with van der Waals surface area (Å²) >= 11 is 1.19. The monoisotopic (exact) mass is 510 g/mol. The van der Waals surface area contributed by atoms with E-state index in [1.165, 1.54) is 18.2 Å². The molecular weight excluding hydrogens is 480 g/mol. The number of oxime groups is 1. The molecule has 0 saturated heterocycles. The number of benzene rings is 2. The minimum atomic E-state index is -4.12. The normalized spacial score (nSPS) is 15.8. The highest BCUT2D eigenvalue weighted by atomic mass is 32.2. The molecule has 2 aromatic carbocycles. The van der Waals surface area contributed by atoms with E-state index in [1.54, 1.807) is 24.3 Å². The van der Waals surface area contributed by atoms with E-state index in [4.69, 9.17) is 9.02 Å². The van der Waals surface area contributed by atoms with Gasteiger partial charge in [0, 0.05) is 4.91 Å². The van der Waals surface area contributed by atoms with Crippen molar-refractivity contribution in [3.05, 3.63) is 75.7 Å². The Morgan fingerprint density at radius 3 is 2.40 bits per heavy atom. The summed E-state index contributed by atoms with van der Waals surface area (Å²) in [5, 5.41) is 13.9. The summed E-state index contributed by atoms with van der Waals surface area (Å²) in [6.45, 7) is 8.34. The number of aryl methyl sites for hydroxylation is 3. The molecule has 3 rings (SSSR count). The number of ether oxygens (including phenoxy) is 1. The summed E-state index contributed by atoms with van der Waals surface area (Å²) < 4.78 is 36.5. The van der Waals surface area contributed by atoms with E-state index in [0.717, 1.165) is 41.5 Å². The van der Waals surface area contributed by atoms with Crippen LogP contribution in [0.25, 0.3) is 5.57 Å². The van der Waals surface area contributed by atoms with Gasteiger partial charge in [0.15, 0.2) is 0 Å². The highest BCUT2D eigenvalue weighted by Crippen LogP contribution is 2.35. The molecular formula is C27H30N2O4S2. The van der Waals surface area contributed by atoms with E-state index in [2.05, 4.69) is 18.1 Å². The van der Waals surface area contributed by atoms with Crippen LogP contribution in [-0.4, -0.2) is 20.1 Å². The van der Waals surface area contributed by atoms with Crippen LogP contribution in [0.5, 0.6) is 5.75 Å². The Balaban J connectivity index is 1.72. The van der Waals surface area contributed by atoms with Crippen LogP contribution in [0.2, 0.25) is 0 Å². The third-order valence-electron chi connectivity index (χ3n) is 5.56. The van der Waals surface area contributed by atoms with Crippen molar-refractivity contribution < 1.29 is 17.4 Å². The Labute approximate surface area is 212 Å². The van der Waals surface area contributed by atoms with E-state index in [9.17, 15) is 13.7 Å². The molecule has 0 atom stereocenters. The lowest BCUT2D eigenvalue weighted by atomic mass is 10.0. The molecule has 0 N–H and O–H groups in total. The Kier molecular flexibility index (Phi) is 9.19. The highest BCUT2D eigenvalue weighted by molar-refractivity contribution is 8.18. The van der Waals surface area contributed by atoms with Crippen LogP contribution in [0.4, 0.5) is 0 Å². The summed E-state index contributed by atoms with van der Waals surface area (Å²) in [7, 11) is -4.12. The number of allylic oxidation sites excluding steroid dienone is 2. The number of nitrogens with zero attached hydrogens (tertiary/aromatic N) is 2. The van der Waals surface area contributed by atoms with Crippen molar-refractivity contribution in [1.82, 2.24) is 0 Å². The number of unbranched alkanes of at least 4 members (excludes halogenated alkanes) is 3. The predicted molar refractivity (Wildman–Crippen MR) is 142 cm³/mol. The summed E-state index contributed by atoms with van der Waals surface area (Å²) in [4.78, 5) is 0.712. The first kappa shape index (κ1) is 26.6. The van der Waals surface area contributed by atoms with E-state index in [1.807, 2.05) is 45.0 Å². The maximum Gasteiger partial charge on any atom is 0.358 e.